The van der Waals surface area contributed by atoms with Crippen molar-refractivity contribution in [2.45, 2.75) is 146 Å². The number of ether oxygens (including phenoxy) is 2. The van der Waals surface area contributed by atoms with Gasteiger partial charge in [0.2, 0.25) is 16.0 Å². The fraction of sp³-hybridized carbons (Fsp3) is 0.411. The fourth-order valence-electron chi connectivity index (χ4n) is 20.0. The molecule has 22 rings (SSSR count). The maximum absolute atomic E-state index is 14.5. The number of imidazole rings is 1. The Morgan fingerprint density at radius 2 is 0.791 bits per heavy atom. The zero-order valence-corrected chi connectivity index (χ0v) is 74.7. The maximum Gasteiger partial charge on any atom is 0.281 e. The topological polar surface area (TPSA) is 316 Å². The first kappa shape index (κ1) is 86.9. The average Bonchev–Trinajstić information content (AvgIpc) is 1.63. The van der Waals surface area contributed by atoms with Crippen LogP contribution >= 0.6 is 0 Å². The largest absolute Gasteiger partial charge is 0.379 e. The van der Waals surface area contributed by atoms with Gasteiger partial charge in [-0.15, -0.1) is 0 Å². The molecule has 2 saturated carbocycles. The van der Waals surface area contributed by atoms with Gasteiger partial charge in [-0.2, -0.15) is 26.5 Å². The Bertz CT molecular complexity index is 6360. The molecule has 4 aliphatic heterocycles. The number of fused-ring (bicyclic) bond motifs is 12. The minimum absolute atomic E-state index is 0.109. The van der Waals surface area contributed by atoms with Gasteiger partial charge < -0.3 is 35.3 Å². The van der Waals surface area contributed by atoms with Gasteiger partial charge in [0.1, 0.15) is 60.2 Å². The average molecular weight is 1790 g/mol. The molecule has 0 spiro atoms. The lowest BCUT2D eigenvalue weighted by molar-refractivity contribution is 0.00788. The monoisotopic (exact) mass is 1790 g/mol. The van der Waals surface area contributed by atoms with E-state index in [9.17, 15) is 30.0 Å². The first-order chi connectivity index (χ1) is 62.6. The highest BCUT2D eigenvalue weighted by molar-refractivity contribution is 7.88. The Labute approximate surface area is 749 Å². The number of aryl methyl sites for hydroxylation is 2. The summed E-state index contributed by atoms with van der Waals surface area (Å²) in [5.74, 6) is 2.33. The second kappa shape index (κ2) is 37.5. The minimum Gasteiger partial charge on any atom is -0.379 e. The smallest absolute Gasteiger partial charge is 0.281 e. The Balaban J connectivity index is 0.000000112. The van der Waals surface area contributed by atoms with Gasteiger partial charge in [-0.05, 0) is 188 Å². The van der Waals surface area contributed by atoms with E-state index in [1.54, 1.807) is 65.0 Å². The number of rotatable bonds is 17. The zero-order chi connectivity index (χ0) is 88.6. The molecule has 0 radical (unpaired) electrons. The molecule has 34 heteroatoms. The number of morpholine rings is 2. The van der Waals surface area contributed by atoms with Crippen LogP contribution in [0.25, 0.3) is 83.6 Å². The summed E-state index contributed by atoms with van der Waals surface area (Å²) in [6.45, 7) is 11.7. The van der Waals surface area contributed by atoms with Crippen LogP contribution in [0.4, 0.5) is 36.4 Å². The minimum atomic E-state index is -3.40. The van der Waals surface area contributed by atoms with Gasteiger partial charge in [-0.3, -0.25) is 19.8 Å². The predicted octanol–water partition coefficient (Wildman–Crippen LogP) is 13.3. The van der Waals surface area contributed by atoms with Crippen LogP contribution in [-0.4, -0.2) is 244 Å². The van der Waals surface area contributed by atoms with Crippen molar-refractivity contribution in [3.05, 3.63) is 222 Å². The molecule has 10 aliphatic rings. The number of hydrogen-bond acceptors (Lipinski definition) is 24. The molecule has 0 bridgehead atoms. The molecule has 29 nitrogen and oxygen atoms in total. The molecular weight excluding hydrogens is 1680 g/mol. The highest BCUT2D eigenvalue weighted by Gasteiger charge is 2.37. The highest BCUT2D eigenvalue weighted by atomic mass is 32.2. The summed E-state index contributed by atoms with van der Waals surface area (Å²) < 4.78 is 109. The molecule has 12 aromatic rings. The molecule has 4 N–H and O–H groups in total. The van der Waals surface area contributed by atoms with Crippen LogP contribution in [0.3, 0.4) is 0 Å². The van der Waals surface area contributed by atoms with Crippen molar-refractivity contribution >= 4 is 43.5 Å². The Hall–Kier alpha value is -11.5. The molecule has 129 heavy (non-hydrogen) atoms. The van der Waals surface area contributed by atoms with E-state index in [1.807, 2.05) is 55.7 Å². The predicted molar refractivity (Wildman–Crippen MR) is 489 cm³/mol. The van der Waals surface area contributed by atoms with Gasteiger partial charge in [0.15, 0.2) is 0 Å². The molecule has 6 aliphatic carbocycles. The lowest BCUT2D eigenvalue weighted by atomic mass is 9.89. The third-order valence-electron chi connectivity index (χ3n) is 26.9. The second-order valence-corrected chi connectivity index (χ2v) is 39.4. The van der Waals surface area contributed by atoms with Crippen molar-refractivity contribution < 1.29 is 39.5 Å². The van der Waals surface area contributed by atoms with Gasteiger partial charge in [-0.1, -0.05) is 42.5 Å². The summed E-state index contributed by atoms with van der Waals surface area (Å²) >= 11 is 0. The van der Waals surface area contributed by atoms with E-state index in [0.717, 1.165) is 209 Å². The van der Waals surface area contributed by atoms with Crippen LogP contribution in [0.2, 0.25) is 0 Å². The van der Waals surface area contributed by atoms with Crippen LogP contribution < -0.4 is 21.3 Å². The van der Waals surface area contributed by atoms with Gasteiger partial charge in [0.05, 0.1) is 91.6 Å². The first-order valence-electron chi connectivity index (χ1n) is 44.7. The Morgan fingerprint density at radius 1 is 0.411 bits per heavy atom. The highest BCUT2D eigenvalue weighted by Crippen LogP contribution is 2.47. The third kappa shape index (κ3) is 18.9. The van der Waals surface area contributed by atoms with E-state index in [1.165, 1.54) is 109 Å². The quantitative estimate of drug-likeness (QED) is 0.0658. The van der Waals surface area contributed by atoms with Gasteiger partial charge in [0, 0.05) is 193 Å². The number of benzene rings is 4. The number of sulfonamides is 1. The molecule has 4 aromatic carbocycles. The molecule has 670 valence electrons. The van der Waals surface area contributed by atoms with Crippen LogP contribution in [-0.2, 0) is 62.4 Å². The van der Waals surface area contributed by atoms with Gasteiger partial charge in [0.25, 0.3) is 10.2 Å². The second-order valence-electron chi connectivity index (χ2n) is 35.3. The SMILES string of the molecule is CN(C)S(=O)(=O)N1CCC(Nc2ncnc3c2-c2cc(-c4cncc(F)c4)ccc2C3)CC1.CS(=O)(=O)N1CCC(Nc2ncnc3c2-c2cc(-c4cncc(F)c4)ccc2C3)CC1.Cc1cn(-c2ccc3c(c2)-c2c(ncnc2NC2CCC(N4CCOCC4)CC2)C3)cn1.Cn1ncc(-c2ccc3c(c2)-c2c(ncnc2NC2CCC(N4CCOCC4)CC2)C3)c1F. The number of hydrogen-bond donors (Lipinski definition) is 4. The molecule has 6 fully saturated rings. The van der Waals surface area contributed by atoms with Crippen molar-refractivity contribution in [2.75, 3.05) is 120 Å². The normalized spacial score (nSPS) is 19.8. The van der Waals surface area contributed by atoms with Crippen molar-refractivity contribution in [1.29, 1.82) is 0 Å². The van der Waals surface area contributed by atoms with E-state index in [0.29, 0.717) is 93.6 Å². The summed E-state index contributed by atoms with van der Waals surface area (Å²) in [5.41, 5.74) is 24.1. The molecule has 12 heterocycles. The summed E-state index contributed by atoms with van der Waals surface area (Å²) in [6.07, 6.45) is 34.4. The summed E-state index contributed by atoms with van der Waals surface area (Å²) in [6, 6.07) is 30.3. The van der Waals surface area contributed by atoms with Gasteiger partial charge in [-0.25, -0.2) is 71.0 Å². The van der Waals surface area contributed by atoms with Crippen LogP contribution in [0.15, 0.2) is 154 Å². The summed E-state index contributed by atoms with van der Waals surface area (Å²) in [4.78, 5) is 54.0. The zero-order valence-electron chi connectivity index (χ0n) is 73.1. The molecule has 0 unspecified atom stereocenters. The number of aromatic nitrogens is 14. The van der Waals surface area contributed by atoms with E-state index >= 15 is 0 Å². The number of pyridine rings is 2. The van der Waals surface area contributed by atoms with Crippen molar-refractivity contribution in [2.24, 2.45) is 7.05 Å². The molecule has 4 saturated heterocycles. The first-order valence-corrected chi connectivity index (χ1v) is 48.0. The van der Waals surface area contributed by atoms with Crippen LogP contribution in [0.1, 0.15) is 128 Å². The van der Waals surface area contributed by atoms with Crippen molar-refractivity contribution in [3.63, 3.8) is 0 Å². The van der Waals surface area contributed by atoms with E-state index < -0.39 is 20.2 Å². The van der Waals surface area contributed by atoms with Crippen molar-refractivity contribution in [3.8, 4) is 83.6 Å². The number of nitrogens with zero attached hydrogens (tertiary/aromatic N) is 19. The van der Waals surface area contributed by atoms with Crippen molar-refractivity contribution in [1.82, 2.24) is 91.9 Å². The van der Waals surface area contributed by atoms with Gasteiger partial charge >= 0.3 is 0 Å². The standard InChI is InChI=1S/C25H29FN6O.C25H30N6O.C23H25FN6O2S.C22H22FN5O2S/c1-31-24(26)21(14-29-31)16-2-3-17-13-22-23(20(17)12-16)25(28-15-27-22)30-18-4-6-19(7-5-18)32-8-10-33-11-9-32;1-17-14-31(16-28-17)21-5-2-18-12-23-24(22(18)13-21)25(27-15-26-23)29-19-3-6-20(7-4-19)30-8-10-32-11-9-30;1-29(2)33(31,32)30-7-5-19(6-8-30)28-23-22-20-10-15(17-9-18(24)13-25-12-17)3-4-16(20)11-21(22)26-14-27-23;1-31(29,30)28-6-4-18(5-7-28)27-22-21-19-9-14(16-8-17(23)12-24-11-16)2-3-15(19)10-20(21)25-13-26-22/h2-3,12,14-15,18-19H,4-11,13H2,1H3,(H,27,28,30);2,5,13-16,19-20H,3-4,6-12H2,1H3,(H,26,27,29);3-4,9-10,12-14,19H,5-8,11H2,1-2H3,(H,26,27,28);2-3,8-9,11-13,18H,4-7,10H2,1H3,(H,25,26,27). The third-order valence-corrected chi connectivity index (χ3v) is 30.2. The summed E-state index contributed by atoms with van der Waals surface area (Å²) in [5, 5.41) is 18.6. The molecule has 0 atom stereocenters. The van der Waals surface area contributed by atoms with E-state index in [-0.39, 0.29) is 29.7 Å². The lowest BCUT2D eigenvalue weighted by Crippen LogP contribution is -2.46. The van der Waals surface area contributed by atoms with E-state index in [2.05, 4.69) is 127 Å². The molecule has 8 aromatic heterocycles. The summed E-state index contributed by atoms with van der Waals surface area (Å²) in [7, 11) is -1.84. The number of anilines is 4. The fourth-order valence-corrected chi connectivity index (χ4v) is 22.0. The molecular formula is C95H106F3N23O6S2. The maximum atomic E-state index is 14.5. The van der Waals surface area contributed by atoms with Crippen LogP contribution in [0, 0.1) is 24.5 Å². The molecule has 0 amide bonds. The number of halogens is 3. The van der Waals surface area contributed by atoms with E-state index in [4.69, 9.17) is 14.5 Å². The number of piperidine rings is 2. The number of nitrogens with one attached hydrogen (secondary N) is 4. The Morgan fingerprint density at radius 3 is 1.16 bits per heavy atom. The lowest BCUT2D eigenvalue weighted by Gasteiger charge is -2.39. The Kier molecular flexibility index (Phi) is 25.3. The van der Waals surface area contributed by atoms with Crippen LogP contribution in [0.5, 0.6) is 0 Å².